The van der Waals surface area contributed by atoms with Crippen molar-refractivity contribution < 1.29 is 19.1 Å². The third-order valence-electron chi connectivity index (χ3n) is 5.10. The number of hydrogen-bond acceptors (Lipinski definition) is 7. The summed E-state index contributed by atoms with van der Waals surface area (Å²) in [5, 5.41) is 8.32. The van der Waals surface area contributed by atoms with Crippen LogP contribution in [-0.4, -0.2) is 55.6 Å². The molecule has 0 saturated heterocycles. The number of benzene rings is 1. The molecule has 0 fully saturated rings. The summed E-state index contributed by atoms with van der Waals surface area (Å²) in [6.45, 7) is 9.99. The molecule has 0 atom stereocenters. The van der Waals surface area contributed by atoms with Crippen LogP contribution in [0.5, 0.6) is 0 Å². The molecule has 10 nitrogen and oxygen atoms in total. The molecule has 0 unspecified atom stereocenters. The molecular formula is C26H34N6O4S2. The second-order valence-electron chi connectivity index (χ2n) is 10.2. The lowest BCUT2D eigenvalue weighted by atomic mass is 10.1. The van der Waals surface area contributed by atoms with Gasteiger partial charge in [-0.05, 0) is 70.2 Å². The van der Waals surface area contributed by atoms with Crippen molar-refractivity contribution in [2.75, 3.05) is 23.4 Å². The van der Waals surface area contributed by atoms with Gasteiger partial charge in [0, 0.05) is 36.4 Å². The molecule has 0 bridgehead atoms. The van der Waals surface area contributed by atoms with Crippen molar-refractivity contribution >= 4 is 51.0 Å². The van der Waals surface area contributed by atoms with Crippen LogP contribution >= 0.6 is 21.6 Å². The predicted molar refractivity (Wildman–Crippen MR) is 155 cm³/mol. The fourth-order valence-corrected chi connectivity index (χ4v) is 5.52. The number of H-pyrrole nitrogens is 1. The third kappa shape index (κ3) is 8.32. The molecule has 0 aliphatic carbocycles. The Bertz CT molecular complexity index is 1290. The van der Waals surface area contributed by atoms with Gasteiger partial charge in [0.15, 0.2) is 5.82 Å². The highest BCUT2D eigenvalue weighted by molar-refractivity contribution is 8.77. The third-order valence-corrected chi connectivity index (χ3v) is 7.71. The summed E-state index contributed by atoms with van der Waals surface area (Å²) >= 11 is 0. The van der Waals surface area contributed by atoms with E-state index in [4.69, 9.17) is 4.74 Å². The van der Waals surface area contributed by atoms with E-state index < -0.39 is 11.7 Å². The summed E-state index contributed by atoms with van der Waals surface area (Å²) in [5.74, 6) is -0.219. The number of nitrogens with zero attached hydrogens (tertiary/aromatic N) is 2. The van der Waals surface area contributed by atoms with E-state index in [1.54, 1.807) is 84.6 Å². The van der Waals surface area contributed by atoms with E-state index in [-0.39, 0.29) is 28.2 Å². The largest absolute Gasteiger partial charge is 0.444 e. The zero-order valence-electron chi connectivity index (χ0n) is 22.6. The Morgan fingerprint density at radius 3 is 2.34 bits per heavy atom. The Morgan fingerprint density at radius 2 is 1.71 bits per heavy atom. The number of nitrogens with one attached hydrogen (secondary N) is 4. The fourth-order valence-electron chi connectivity index (χ4n) is 3.41. The number of ether oxygens (including phenoxy) is 1. The van der Waals surface area contributed by atoms with E-state index in [0.29, 0.717) is 17.9 Å². The van der Waals surface area contributed by atoms with Crippen molar-refractivity contribution in [3.05, 3.63) is 54.2 Å². The van der Waals surface area contributed by atoms with Crippen LogP contribution in [0.15, 0.2) is 42.7 Å². The minimum Gasteiger partial charge on any atom is -0.444 e. The molecule has 0 spiro atoms. The summed E-state index contributed by atoms with van der Waals surface area (Å²) < 4.78 is 6.71. The van der Waals surface area contributed by atoms with Crippen molar-refractivity contribution in [2.24, 2.45) is 7.05 Å². The van der Waals surface area contributed by atoms with E-state index in [2.05, 4.69) is 39.8 Å². The maximum absolute atomic E-state index is 12.8. The molecular weight excluding hydrogens is 524 g/mol. The van der Waals surface area contributed by atoms with Gasteiger partial charge in [-0.1, -0.05) is 33.7 Å². The number of aromatic nitrogens is 3. The number of carbonyl (C=O) groups is 3. The van der Waals surface area contributed by atoms with Gasteiger partial charge in [-0.15, -0.1) is 0 Å². The van der Waals surface area contributed by atoms with Crippen molar-refractivity contribution in [3.8, 4) is 11.1 Å². The summed E-state index contributed by atoms with van der Waals surface area (Å²) in [6.07, 6.45) is 4.78. The van der Waals surface area contributed by atoms with Crippen LogP contribution in [0, 0.1) is 0 Å². The van der Waals surface area contributed by atoms with Gasteiger partial charge >= 0.3 is 6.09 Å². The topological polar surface area (TPSA) is 130 Å². The van der Waals surface area contributed by atoms with Gasteiger partial charge in [-0.2, -0.15) is 0 Å². The summed E-state index contributed by atoms with van der Waals surface area (Å²) in [5.41, 5.74) is 2.00. The number of carbonyl (C=O) groups excluding carboxylic acids is 3. The number of anilines is 2. The summed E-state index contributed by atoms with van der Waals surface area (Å²) in [7, 11) is 5.03. The summed E-state index contributed by atoms with van der Waals surface area (Å²) in [6, 6.07) is 8.90. The molecule has 2 heterocycles. The van der Waals surface area contributed by atoms with Gasteiger partial charge < -0.3 is 24.9 Å². The molecule has 3 amide bonds. The van der Waals surface area contributed by atoms with Crippen molar-refractivity contribution in [1.82, 2.24) is 19.9 Å². The second-order valence-corrected chi connectivity index (χ2v) is 13.3. The summed E-state index contributed by atoms with van der Waals surface area (Å²) in [4.78, 5) is 44.7. The van der Waals surface area contributed by atoms with Crippen LogP contribution in [-0.2, 0) is 11.8 Å². The predicted octanol–water partition coefficient (Wildman–Crippen LogP) is 5.53. The molecule has 4 N–H and O–H groups in total. The number of hydrogen-bond donors (Lipinski definition) is 4. The molecule has 2 aromatic heterocycles. The van der Waals surface area contributed by atoms with Crippen LogP contribution in [0.25, 0.3) is 11.1 Å². The number of rotatable bonds is 9. The first kappa shape index (κ1) is 29.2. The highest BCUT2D eigenvalue weighted by atomic mass is 33.1. The average molecular weight is 559 g/mol. The molecule has 1 aromatic carbocycles. The molecule has 0 radical (unpaired) electrons. The lowest BCUT2D eigenvalue weighted by Gasteiger charge is -2.22. The minimum atomic E-state index is -0.584. The Labute approximate surface area is 230 Å². The molecule has 3 aromatic rings. The molecule has 3 rings (SSSR count). The van der Waals surface area contributed by atoms with Gasteiger partial charge in [-0.25, -0.2) is 9.78 Å². The minimum absolute atomic E-state index is 0.127. The molecule has 12 heteroatoms. The monoisotopic (exact) mass is 558 g/mol. The quantitative estimate of drug-likeness (QED) is 0.254. The molecule has 38 heavy (non-hydrogen) atoms. The first-order chi connectivity index (χ1) is 17.8. The van der Waals surface area contributed by atoms with Crippen LogP contribution in [0.3, 0.4) is 0 Å². The van der Waals surface area contributed by atoms with E-state index in [9.17, 15) is 14.4 Å². The SMILES string of the molecule is CSSC(C)(C)CNC(=O)c1nc(NC(=O)c2cc(-c3ccc(NC(=O)OC(C)(C)C)cc3)c[nH]2)cn1C. The van der Waals surface area contributed by atoms with Gasteiger partial charge in [0.2, 0.25) is 5.82 Å². The number of aryl methyl sites for hydroxylation is 1. The van der Waals surface area contributed by atoms with E-state index in [1.165, 1.54) is 0 Å². The Kier molecular flexibility index (Phi) is 9.21. The average Bonchev–Trinajstić information content (AvgIpc) is 3.44. The Hall–Kier alpha value is -3.38. The van der Waals surface area contributed by atoms with Crippen LogP contribution in [0.1, 0.15) is 55.7 Å². The van der Waals surface area contributed by atoms with Crippen molar-refractivity contribution in [2.45, 2.75) is 45.0 Å². The molecule has 0 aliphatic heterocycles. The highest BCUT2D eigenvalue weighted by Gasteiger charge is 2.22. The van der Waals surface area contributed by atoms with Crippen molar-refractivity contribution in [3.63, 3.8) is 0 Å². The van der Waals surface area contributed by atoms with Crippen molar-refractivity contribution in [1.29, 1.82) is 0 Å². The number of amides is 3. The van der Waals surface area contributed by atoms with Gasteiger partial charge in [0.25, 0.3) is 11.8 Å². The van der Waals surface area contributed by atoms with E-state index >= 15 is 0 Å². The van der Waals surface area contributed by atoms with E-state index in [1.807, 2.05) is 18.4 Å². The first-order valence-electron chi connectivity index (χ1n) is 11.9. The normalized spacial score (nSPS) is 11.7. The number of imidazole rings is 1. The molecule has 204 valence electrons. The lowest BCUT2D eigenvalue weighted by Crippen LogP contribution is -2.36. The van der Waals surface area contributed by atoms with Crippen LogP contribution in [0.4, 0.5) is 16.3 Å². The second kappa shape index (κ2) is 12.0. The maximum atomic E-state index is 12.8. The van der Waals surface area contributed by atoms with Crippen LogP contribution in [0.2, 0.25) is 0 Å². The van der Waals surface area contributed by atoms with Gasteiger partial charge in [-0.3, -0.25) is 14.9 Å². The lowest BCUT2D eigenvalue weighted by molar-refractivity contribution is 0.0635. The zero-order valence-corrected chi connectivity index (χ0v) is 24.2. The molecule has 0 saturated carbocycles. The number of aromatic amines is 1. The zero-order chi connectivity index (χ0) is 28.1. The van der Waals surface area contributed by atoms with Crippen LogP contribution < -0.4 is 16.0 Å². The highest BCUT2D eigenvalue weighted by Crippen LogP contribution is 2.32. The van der Waals surface area contributed by atoms with E-state index in [0.717, 1.165) is 11.1 Å². The fraction of sp³-hybridized carbons (Fsp3) is 0.385. The maximum Gasteiger partial charge on any atom is 0.412 e. The Balaban J connectivity index is 1.61. The standard InChI is InChI=1S/C26H34N6O4S2/c1-25(2,3)36-24(35)29-18-10-8-16(9-11-18)17-12-19(27-13-17)22(33)31-20-14-32(6)21(30-20)23(34)28-15-26(4,5)38-37-7/h8-14,27H,15H2,1-7H3,(H,28,34)(H,29,35)(H,31,33). The molecule has 0 aliphatic rings. The van der Waals surface area contributed by atoms with Gasteiger partial charge in [0.1, 0.15) is 11.3 Å². The first-order valence-corrected chi connectivity index (χ1v) is 14.5. The van der Waals surface area contributed by atoms with Gasteiger partial charge in [0.05, 0.1) is 0 Å². The Morgan fingerprint density at radius 1 is 1.03 bits per heavy atom. The smallest absolute Gasteiger partial charge is 0.412 e.